The van der Waals surface area contributed by atoms with Gasteiger partial charge in [-0.25, -0.2) is 13.4 Å². The number of guanidine groups is 1. The van der Waals surface area contributed by atoms with Gasteiger partial charge in [-0.2, -0.15) is 0 Å². The van der Waals surface area contributed by atoms with E-state index in [4.69, 9.17) is 9.47 Å². The highest BCUT2D eigenvalue weighted by Crippen LogP contribution is 2.21. The molecule has 0 saturated heterocycles. The summed E-state index contributed by atoms with van der Waals surface area (Å²) in [4.78, 5) is 4.65. The summed E-state index contributed by atoms with van der Waals surface area (Å²) in [6, 6.07) is 6.21. The van der Waals surface area contributed by atoms with Gasteiger partial charge in [0.25, 0.3) is 0 Å². The van der Waals surface area contributed by atoms with Crippen LogP contribution in [0, 0.1) is 6.92 Å². The number of aliphatic imine (C=N–C) groups is 1. The van der Waals surface area contributed by atoms with Gasteiger partial charge < -0.3 is 20.1 Å². The number of hydrogen-bond acceptors (Lipinski definition) is 5. The molecule has 2 N–H and O–H groups in total. The van der Waals surface area contributed by atoms with Crippen LogP contribution in [0.5, 0.6) is 5.75 Å². The molecule has 0 aromatic heterocycles. The van der Waals surface area contributed by atoms with Crippen LogP contribution in [0.1, 0.15) is 50.7 Å². The number of benzene rings is 1. The minimum atomic E-state index is -2.99. The van der Waals surface area contributed by atoms with Gasteiger partial charge in [0.05, 0.1) is 32.1 Å². The Bertz CT molecular complexity index is 742. The largest absolute Gasteiger partial charge is 0.493 e. The molecule has 180 valence electrons. The zero-order valence-corrected chi connectivity index (χ0v) is 22.6. The molecule has 31 heavy (non-hydrogen) atoms. The molecule has 0 amide bonds. The van der Waals surface area contributed by atoms with Gasteiger partial charge in [-0.15, -0.1) is 24.0 Å². The van der Waals surface area contributed by atoms with Crippen LogP contribution in [0.2, 0.25) is 0 Å². The molecule has 0 unspecified atom stereocenters. The van der Waals surface area contributed by atoms with Gasteiger partial charge in [0.15, 0.2) is 5.96 Å². The maximum Gasteiger partial charge on any atom is 0.191 e. The Morgan fingerprint density at radius 3 is 2.52 bits per heavy atom. The molecule has 0 fully saturated rings. The molecule has 0 spiro atoms. The van der Waals surface area contributed by atoms with Crippen LogP contribution in [0.15, 0.2) is 23.2 Å². The molecule has 0 aliphatic heterocycles. The Kier molecular flexibility index (Phi) is 16.9. The Balaban J connectivity index is 0.00000900. The maximum absolute atomic E-state index is 11.1. The molecule has 1 aromatic rings. The Labute approximate surface area is 205 Å². The second-order valence-corrected chi connectivity index (χ2v) is 9.64. The average Bonchev–Trinajstić information content (AvgIpc) is 2.68. The summed E-state index contributed by atoms with van der Waals surface area (Å²) < 4.78 is 33.6. The average molecular weight is 570 g/mol. The number of nitrogens with zero attached hydrogens (tertiary/aromatic N) is 1. The minimum Gasteiger partial charge on any atom is -0.493 e. The summed E-state index contributed by atoms with van der Waals surface area (Å²) in [6.07, 6.45) is 5.92. The Morgan fingerprint density at radius 1 is 1.06 bits per heavy atom. The molecule has 1 rings (SSSR count). The molecule has 1 aromatic carbocycles. The second kappa shape index (κ2) is 17.5. The van der Waals surface area contributed by atoms with Crippen molar-refractivity contribution in [1.82, 2.24) is 10.6 Å². The third kappa shape index (κ3) is 15.4. The summed E-state index contributed by atoms with van der Waals surface area (Å²) in [5.74, 6) is 1.63. The van der Waals surface area contributed by atoms with Crippen LogP contribution < -0.4 is 15.4 Å². The second-order valence-electron chi connectivity index (χ2n) is 7.38. The van der Waals surface area contributed by atoms with E-state index < -0.39 is 9.84 Å². The van der Waals surface area contributed by atoms with Crippen molar-refractivity contribution in [2.75, 3.05) is 44.9 Å². The molecule has 0 saturated carbocycles. The van der Waals surface area contributed by atoms with E-state index in [2.05, 4.69) is 47.7 Å². The van der Waals surface area contributed by atoms with Crippen molar-refractivity contribution >= 4 is 39.8 Å². The highest BCUT2D eigenvalue weighted by Gasteiger charge is 2.06. The number of aryl methyl sites for hydroxylation is 1. The summed E-state index contributed by atoms with van der Waals surface area (Å²) in [5, 5.41) is 6.42. The first-order chi connectivity index (χ1) is 14.4. The monoisotopic (exact) mass is 569 g/mol. The predicted molar refractivity (Wildman–Crippen MR) is 140 cm³/mol. The molecule has 0 aliphatic rings. The number of unbranched alkanes of at least 4 members (excludes halogenated alkanes) is 3. The van der Waals surface area contributed by atoms with E-state index in [-0.39, 0.29) is 36.3 Å². The van der Waals surface area contributed by atoms with Crippen LogP contribution in [0.3, 0.4) is 0 Å². The van der Waals surface area contributed by atoms with Crippen molar-refractivity contribution in [3.63, 3.8) is 0 Å². The topological polar surface area (TPSA) is 89.0 Å². The van der Waals surface area contributed by atoms with E-state index in [0.717, 1.165) is 30.9 Å². The van der Waals surface area contributed by atoms with Crippen LogP contribution in [0.25, 0.3) is 0 Å². The first-order valence-electron chi connectivity index (χ1n) is 10.9. The molecular formula is C22H40IN3O4S. The van der Waals surface area contributed by atoms with Gasteiger partial charge in [0.2, 0.25) is 0 Å². The van der Waals surface area contributed by atoms with Crippen molar-refractivity contribution < 1.29 is 17.9 Å². The zero-order chi connectivity index (χ0) is 22.2. The van der Waals surface area contributed by atoms with Crippen molar-refractivity contribution in [2.24, 2.45) is 4.99 Å². The standard InChI is InChI=1S/C22H39N3O4S.HI/c1-5-7-8-9-13-29-21-17-19(3)10-11-20(21)18-25-22(23-6-2)24-12-14-28-15-16-30(4,26)27;/h10-11,17H,5-9,12-16,18H2,1-4H3,(H2,23,24,25);1H. The van der Waals surface area contributed by atoms with Crippen LogP contribution in [0.4, 0.5) is 0 Å². The lowest BCUT2D eigenvalue weighted by atomic mass is 10.1. The van der Waals surface area contributed by atoms with E-state index in [9.17, 15) is 8.42 Å². The molecule has 0 heterocycles. The van der Waals surface area contributed by atoms with Crippen molar-refractivity contribution in [3.8, 4) is 5.75 Å². The Hall–Kier alpha value is -1.07. The molecule has 0 aliphatic carbocycles. The van der Waals surface area contributed by atoms with E-state index >= 15 is 0 Å². The zero-order valence-electron chi connectivity index (χ0n) is 19.4. The number of hydrogen-bond donors (Lipinski definition) is 2. The fourth-order valence-corrected chi connectivity index (χ4v) is 3.12. The molecular weight excluding hydrogens is 529 g/mol. The maximum atomic E-state index is 11.1. The van der Waals surface area contributed by atoms with Crippen LogP contribution in [-0.2, 0) is 21.1 Å². The third-order valence-electron chi connectivity index (χ3n) is 4.37. The lowest BCUT2D eigenvalue weighted by Crippen LogP contribution is -2.39. The fourth-order valence-electron chi connectivity index (χ4n) is 2.70. The number of sulfone groups is 1. The number of ether oxygens (including phenoxy) is 2. The van der Waals surface area contributed by atoms with E-state index in [0.29, 0.717) is 25.7 Å². The van der Waals surface area contributed by atoms with Crippen molar-refractivity contribution in [1.29, 1.82) is 0 Å². The Morgan fingerprint density at radius 2 is 1.84 bits per heavy atom. The smallest absolute Gasteiger partial charge is 0.191 e. The first-order valence-corrected chi connectivity index (χ1v) is 12.9. The predicted octanol–water partition coefficient (Wildman–Crippen LogP) is 3.69. The number of rotatable bonds is 15. The van der Waals surface area contributed by atoms with E-state index in [1.54, 1.807) is 0 Å². The van der Waals surface area contributed by atoms with Crippen LogP contribution in [-0.4, -0.2) is 59.3 Å². The first kappa shape index (κ1) is 29.9. The molecule has 0 atom stereocenters. The van der Waals surface area contributed by atoms with Gasteiger partial charge >= 0.3 is 0 Å². The van der Waals surface area contributed by atoms with Gasteiger partial charge in [-0.05, 0) is 31.9 Å². The van der Waals surface area contributed by atoms with Crippen molar-refractivity contribution in [3.05, 3.63) is 29.3 Å². The highest BCUT2D eigenvalue weighted by atomic mass is 127. The van der Waals surface area contributed by atoms with Gasteiger partial charge in [0, 0.05) is 24.9 Å². The molecule has 0 bridgehead atoms. The highest BCUT2D eigenvalue weighted by molar-refractivity contribution is 14.0. The van der Waals surface area contributed by atoms with Gasteiger partial charge in [0.1, 0.15) is 15.6 Å². The summed E-state index contributed by atoms with van der Waals surface area (Å²) in [6.45, 7) is 9.42. The summed E-state index contributed by atoms with van der Waals surface area (Å²) in [5.41, 5.74) is 2.22. The lowest BCUT2D eigenvalue weighted by Gasteiger charge is -2.14. The quantitative estimate of drug-likeness (QED) is 0.145. The normalized spacial score (nSPS) is 11.7. The molecule has 7 nitrogen and oxygen atoms in total. The SMILES string of the molecule is CCCCCCOc1cc(C)ccc1CN=C(NCC)NCCOCCS(C)(=O)=O.I. The third-order valence-corrected chi connectivity index (χ3v) is 5.28. The van der Waals surface area contributed by atoms with E-state index in [1.807, 2.05) is 6.92 Å². The summed E-state index contributed by atoms with van der Waals surface area (Å²) >= 11 is 0. The van der Waals surface area contributed by atoms with Crippen LogP contribution >= 0.6 is 24.0 Å². The van der Waals surface area contributed by atoms with Gasteiger partial charge in [-0.1, -0.05) is 38.3 Å². The molecule has 0 radical (unpaired) electrons. The van der Waals surface area contributed by atoms with Crippen molar-refractivity contribution in [2.45, 2.75) is 53.0 Å². The number of nitrogens with one attached hydrogen (secondary N) is 2. The minimum absolute atomic E-state index is 0. The van der Waals surface area contributed by atoms with Gasteiger partial charge in [-0.3, -0.25) is 0 Å². The van der Waals surface area contributed by atoms with E-state index in [1.165, 1.54) is 31.1 Å². The lowest BCUT2D eigenvalue weighted by molar-refractivity contribution is 0.154. The summed E-state index contributed by atoms with van der Waals surface area (Å²) in [7, 11) is -2.99. The molecule has 9 heteroatoms. The fraction of sp³-hybridized carbons (Fsp3) is 0.682. The number of halogens is 1.